The summed E-state index contributed by atoms with van der Waals surface area (Å²) < 4.78 is 7.29. The van der Waals surface area contributed by atoms with Crippen LogP contribution in [0.15, 0.2) is 24.3 Å². The summed E-state index contributed by atoms with van der Waals surface area (Å²) in [6, 6.07) is 6.21. The number of imide groups is 1. The zero-order valence-electron chi connectivity index (χ0n) is 25.8. The summed E-state index contributed by atoms with van der Waals surface area (Å²) in [5.41, 5.74) is 3.27. The maximum Gasteiger partial charge on any atom is 0.410 e. The average molecular weight is 560 g/mol. The maximum atomic E-state index is 12.3. The minimum Gasteiger partial charge on any atom is -0.444 e. The number of nitrogens with one attached hydrogen (secondary N) is 1. The number of benzene rings is 1. The maximum absolute atomic E-state index is 12.3. The van der Waals surface area contributed by atoms with Crippen molar-refractivity contribution < 1.29 is 19.1 Å². The van der Waals surface area contributed by atoms with E-state index in [0.29, 0.717) is 31.5 Å². The van der Waals surface area contributed by atoms with E-state index in [-0.39, 0.29) is 25.8 Å². The van der Waals surface area contributed by atoms with Crippen molar-refractivity contribution in [2.24, 2.45) is 12.5 Å². The minimum atomic E-state index is -0.505. The SMILES string of the molecule is C.CC.CC(C)(C)C.CN(CCC(=O)NC=O)c1nn(C)c2cc(C3=CCN(C(=O)OC(C)(C)C)CC3)ccc12. The van der Waals surface area contributed by atoms with Crippen LogP contribution >= 0.6 is 0 Å². The molecule has 0 aliphatic carbocycles. The van der Waals surface area contributed by atoms with Crippen LogP contribution in [0.5, 0.6) is 0 Å². The first kappa shape index (κ1) is 36.6. The van der Waals surface area contributed by atoms with Gasteiger partial charge in [-0.1, -0.05) is 61.1 Å². The molecule has 0 unspecified atom stereocenters. The molecule has 3 rings (SSSR count). The second-order valence-electron chi connectivity index (χ2n) is 11.9. The second kappa shape index (κ2) is 16.0. The number of carbonyl (C=O) groups excluding carboxylic acids is 3. The molecule has 0 bridgehead atoms. The van der Waals surface area contributed by atoms with E-state index in [1.165, 1.54) is 5.57 Å². The molecule has 0 saturated carbocycles. The van der Waals surface area contributed by atoms with Crippen LogP contribution < -0.4 is 10.2 Å². The molecular formula is C31H53N5O4. The van der Waals surface area contributed by atoms with Crippen molar-refractivity contribution in [1.82, 2.24) is 20.0 Å². The molecule has 3 amide bonds. The quantitative estimate of drug-likeness (QED) is 0.411. The first-order valence-electron chi connectivity index (χ1n) is 13.7. The number of nitrogens with zero attached hydrogens (tertiary/aromatic N) is 4. The van der Waals surface area contributed by atoms with Crippen molar-refractivity contribution in [3.63, 3.8) is 0 Å². The smallest absolute Gasteiger partial charge is 0.410 e. The summed E-state index contributed by atoms with van der Waals surface area (Å²) in [4.78, 5) is 37.9. The lowest BCUT2D eigenvalue weighted by molar-refractivity contribution is -0.125. The van der Waals surface area contributed by atoms with E-state index in [1.807, 2.05) is 64.4 Å². The molecule has 2 heterocycles. The molecule has 40 heavy (non-hydrogen) atoms. The number of hydrogen-bond donors (Lipinski definition) is 1. The van der Waals surface area contributed by atoms with Crippen molar-refractivity contribution in [2.75, 3.05) is 31.6 Å². The van der Waals surface area contributed by atoms with E-state index in [0.717, 1.165) is 28.7 Å². The van der Waals surface area contributed by atoms with Gasteiger partial charge in [-0.05, 0) is 55.9 Å². The van der Waals surface area contributed by atoms with Crippen LogP contribution in [-0.4, -0.2) is 65.4 Å². The minimum absolute atomic E-state index is 0. The molecule has 0 radical (unpaired) electrons. The average Bonchev–Trinajstić information content (AvgIpc) is 3.18. The fraction of sp³-hybridized carbons (Fsp3) is 0.613. The number of amides is 3. The zero-order chi connectivity index (χ0) is 30.0. The summed E-state index contributed by atoms with van der Waals surface area (Å²) in [5.74, 6) is 0.459. The highest BCUT2D eigenvalue weighted by Gasteiger charge is 2.24. The van der Waals surface area contributed by atoms with Crippen molar-refractivity contribution in [1.29, 1.82) is 0 Å². The third-order valence-corrected chi connectivity index (χ3v) is 5.32. The van der Waals surface area contributed by atoms with Crippen molar-refractivity contribution in [2.45, 2.75) is 88.2 Å². The van der Waals surface area contributed by atoms with Gasteiger partial charge in [0.2, 0.25) is 12.3 Å². The summed E-state index contributed by atoms with van der Waals surface area (Å²) in [6.07, 6.45) is 3.13. The van der Waals surface area contributed by atoms with Crippen LogP contribution in [0.4, 0.5) is 10.6 Å². The molecule has 1 N–H and O–H groups in total. The number of hydrogen-bond acceptors (Lipinski definition) is 6. The molecule has 1 aliphatic rings. The summed E-state index contributed by atoms with van der Waals surface area (Å²) in [7, 11) is 3.76. The predicted molar refractivity (Wildman–Crippen MR) is 166 cm³/mol. The first-order chi connectivity index (χ1) is 18.1. The van der Waals surface area contributed by atoms with E-state index in [9.17, 15) is 14.4 Å². The van der Waals surface area contributed by atoms with E-state index in [4.69, 9.17) is 4.74 Å². The van der Waals surface area contributed by atoms with Gasteiger partial charge in [-0.3, -0.25) is 19.6 Å². The van der Waals surface area contributed by atoms with Gasteiger partial charge in [-0.15, -0.1) is 0 Å². The summed E-state index contributed by atoms with van der Waals surface area (Å²) in [5, 5.41) is 7.76. The monoisotopic (exact) mass is 559 g/mol. The van der Waals surface area contributed by atoms with Gasteiger partial charge in [0, 0.05) is 45.5 Å². The third-order valence-electron chi connectivity index (χ3n) is 5.32. The molecule has 1 aromatic carbocycles. The lowest BCUT2D eigenvalue weighted by Gasteiger charge is -2.29. The van der Waals surface area contributed by atoms with Crippen LogP contribution in [0.25, 0.3) is 16.5 Å². The first-order valence-corrected chi connectivity index (χ1v) is 13.7. The van der Waals surface area contributed by atoms with Gasteiger partial charge in [0.1, 0.15) is 5.60 Å². The topological polar surface area (TPSA) is 96.8 Å². The Morgan fingerprint density at radius 1 is 1.12 bits per heavy atom. The summed E-state index contributed by atoms with van der Waals surface area (Å²) in [6.45, 7) is 19.9. The van der Waals surface area contributed by atoms with Crippen LogP contribution in [0, 0.1) is 5.41 Å². The van der Waals surface area contributed by atoms with Crippen LogP contribution in [0.3, 0.4) is 0 Å². The fourth-order valence-corrected chi connectivity index (χ4v) is 3.66. The number of aryl methyl sites for hydroxylation is 1. The van der Waals surface area contributed by atoms with Crippen molar-refractivity contribution in [3.05, 3.63) is 29.8 Å². The lowest BCUT2D eigenvalue weighted by Crippen LogP contribution is -2.39. The molecule has 9 heteroatoms. The van der Waals surface area contributed by atoms with Crippen LogP contribution in [0.1, 0.15) is 88.1 Å². The largest absolute Gasteiger partial charge is 0.444 e. The van der Waals surface area contributed by atoms with Crippen molar-refractivity contribution in [3.8, 4) is 0 Å². The Labute approximate surface area is 241 Å². The molecule has 1 aliphatic heterocycles. The fourth-order valence-electron chi connectivity index (χ4n) is 3.66. The van der Waals surface area contributed by atoms with Gasteiger partial charge in [0.15, 0.2) is 5.82 Å². The van der Waals surface area contributed by atoms with Gasteiger partial charge in [-0.25, -0.2) is 4.79 Å². The van der Waals surface area contributed by atoms with E-state index in [2.05, 4.69) is 56.3 Å². The highest BCUT2D eigenvalue weighted by molar-refractivity contribution is 5.93. The Balaban J connectivity index is 0.00000171. The number of fused-ring (bicyclic) bond motifs is 1. The molecular weight excluding hydrogens is 506 g/mol. The number of rotatable bonds is 6. The number of carbonyl (C=O) groups is 3. The molecule has 0 spiro atoms. The molecule has 2 aromatic rings. The normalized spacial score (nSPS) is 13.0. The Morgan fingerprint density at radius 3 is 2.23 bits per heavy atom. The van der Waals surface area contributed by atoms with Gasteiger partial charge in [0.25, 0.3) is 0 Å². The van der Waals surface area contributed by atoms with Crippen molar-refractivity contribution >= 4 is 40.7 Å². The zero-order valence-corrected chi connectivity index (χ0v) is 25.8. The lowest BCUT2D eigenvalue weighted by atomic mass is 9.98. The predicted octanol–water partition coefficient (Wildman–Crippen LogP) is 6.41. The van der Waals surface area contributed by atoms with Gasteiger partial charge < -0.3 is 14.5 Å². The van der Waals surface area contributed by atoms with Gasteiger partial charge in [-0.2, -0.15) is 5.10 Å². The van der Waals surface area contributed by atoms with Gasteiger partial charge >= 0.3 is 6.09 Å². The molecule has 226 valence electrons. The standard InChI is InChI=1S/C23H31N5O4.C5H12.C2H6.CH4/c1-23(2,3)32-22(31)28-12-8-16(9-13-28)17-6-7-18-19(14-17)27(5)25-21(18)26(4)11-10-20(30)24-15-29;1-5(2,3)4;1-2;/h6-8,14-15H,9-13H2,1-5H3,(H,24,29,30);1-4H3;1-2H3;1H4. The Hall–Kier alpha value is -3.36. The summed E-state index contributed by atoms with van der Waals surface area (Å²) >= 11 is 0. The second-order valence-corrected chi connectivity index (χ2v) is 11.9. The van der Waals surface area contributed by atoms with Gasteiger partial charge in [0.05, 0.1) is 5.52 Å². The molecule has 0 fully saturated rings. The van der Waals surface area contributed by atoms with E-state index < -0.39 is 5.60 Å². The third kappa shape index (κ3) is 12.2. The molecule has 0 saturated heterocycles. The number of anilines is 1. The molecule has 1 aromatic heterocycles. The molecule has 0 atom stereocenters. The molecule has 9 nitrogen and oxygen atoms in total. The Kier molecular flexibility index (Phi) is 14.7. The number of ether oxygens (including phenoxy) is 1. The highest BCUT2D eigenvalue weighted by Crippen LogP contribution is 2.30. The van der Waals surface area contributed by atoms with Crippen LogP contribution in [0.2, 0.25) is 0 Å². The van der Waals surface area contributed by atoms with E-state index >= 15 is 0 Å². The Morgan fingerprint density at radius 2 is 1.73 bits per heavy atom. The highest BCUT2D eigenvalue weighted by atomic mass is 16.6. The van der Waals surface area contributed by atoms with E-state index in [1.54, 1.807) is 4.90 Å². The van der Waals surface area contributed by atoms with Crippen LogP contribution in [-0.2, 0) is 21.4 Å². The Bertz CT molecular complexity index is 1130. The number of aromatic nitrogens is 2.